The molecule has 5 heteroatoms. The third-order valence-corrected chi connectivity index (χ3v) is 2.98. The van der Waals surface area contributed by atoms with Gasteiger partial charge in [0.15, 0.2) is 0 Å². The molecule has 108 valence electrons. The topological polar surface area (TPSA) is 65.4 Å². The van der Waals surface area contributed by atoms with Crippen LogP contribution in [0.15, 0.2) is 24.3 Å². The van der Waals surface area contributed by atoms with Crippen LogP contribution in [0, 0.1) is 17.2 Å². The number of amides is 1. The van der Waals surface area contributed by atoms with Gasteiger partial charge in [-0.2, -0.15) is 5.26 Å². The lowest BCUT2D eigenvalue weighted by Crippen LogP contribution is -2.36. The average molecular weight is 275 g/mol. The number of nitrogens with zero attached hydrogens (tertiary/aromatic N) is 2. The van der Waals surface area contributed by atoms with Crippen LogP contribution in [0.2, 0.25) is 0 Å². The number of ether oxygens (including phenoxy) is 1. The minimum Gasteiger partial charge on any atom is -0.492 e. The van der Waals surface area contributed by atoms with Crippen LogP contribution in [0.3, 0.4) is 0 Å². The van der Waals surface area contributed by atoms with Crippen molar-refractivity contribution in [1.29, 1.82) is 5.26 Å². The Morgan fingerprint density at radius 1 is 1.55 bits per heavy atom. The molecule has 0 bridgehead atoms. The van der Waals surface area contributed by atoms with E-state index in [-0.39, 0.29) is 11.8 Å². The van der Waals surface area contributed by atoms with Gasteiger partial charge < -0.3 is 15.0 Å². The van der Waals surface area contributed by atoms with Gasteiger partial charge in [0, 0.05) is 26.1 Å². The molecule has 0 heterocycles. The third-order valence-electron chi connectivity index (χ3n) is 2.98. The molecule has 0 saturated carbocycles. The summed E-state index contributed by atoms with van der Waals surface area (Å²) in [4.78, 5) is 13.5. The fourth-order valence-corrected chi connectivity index (χ4v) is 1.86. The molecule has 1 rings (SSSR count). The van der Waals surface area contributed by atoms with Gasteiger partial charge in [-0.1, -0.05) is 13.0 Å². The van der Waals surface area contributed by atoms with Gasteiger partial charge >= 0.3 is 0 Å². The highest BCUT2D eigenvalue weighted by Crippen LogP contribution is 2.12. The number of nitriles is 1. The first-order valence-electron chi connectivity index (χ1n) is 6.60. The van der Waals surface area contributed by atoms with Crippen molar-refractivity contribution in [3.63, 3.8) is 0 Å². The number of rotatable bonds is 7. The van der Waals surface area contributed by atoms with Crippen molar-refractivity contribution in [2.45, 2.75) is 6.92 Å². The Kier molecular flexibility index (Phi) is 6.54. The number of benzene rings is 1. The molecule has 5 nitrogen and oxygen atoms in total. The zero-order valence-electron chi connectivity index (χ0n) is 12.2. The predicted octanol–water partition coefficient (Wildman–Crippen LogP) is 1.25. The lowest BCUT2D eigenvalue weighted by molar-refractivity contribution is -0.124. The highest BCUT2D eigenvalue weighted by Gasteiger charge is 2.13. The maximum Gasteiger partial charge on any atom is 0.223 e. The zero-order valence-corrected chi connectivity index (χ0v) is 12.2. The van der Waals surface area contributed by atoms with E-state index in [9.17, 15) is 4.79 Å². The lowest BCUT2D eigenvalue weighted by atomic mass is 10.1. The molecule has 0 aromatic heterocycles. The number of nitrogens with one attached hydrogen (secondary N) is 1. The van der Waals surface area contributed by atoms with Gasteiger partial charge in [-0.15, -0.1) is 0 Å². The van der Waals surface area contributed by atoms with Crippen molar-refractivity contribution in [1.82, 2.24) is 10.2 Å². The van der Waals surface area contributed by atoms with E-state index in [0.717, 1.165) is 6.54 Å². The van der Waals surface area contributed by atoms with Crippen molar-refractivity contribution in [2.75, 3.05) is 33.8 Å². The van der Waals surface area contributed by atoms with E-state index < -0.39 is 0 Å². The van der Waals surface area contributed by atoms with Crippen LogP contribution in [0.1, 0.15) is 12.5 Å². The Bertz CT molecular complexity index is 482. The van der Waals surface area contributed by atoms with Crippen LogP contribution in [-0.4, -0.2) is 44.6 Å². The van der Waals surface area contributed by atoms with E-state index in [0.29, 0.717) is 24.5 Å². The largest absolute Gasteiger partial charge is 0.492 e. The maximum absolute atomic E-state index is 11.4. The molecule has 0 saturated heterocycles. The van der Waals surface area contributed by atoms with Crippen LogP contribution in [0.4, 0.5) is 0 Å². The van der Waals surface area contributed by atoms with Gasteiger partial charge in [-0.3, -0.25) is 4.79 Å². The molecule has 0 radical (unpaired) electrons. The number of carbonyl (C=O) groups is 1. The summed E-state index contributed by atoms with van der Waals surface area (Å²) in [6.45, 7) is 3.82. The number of hydrogen-bond acceptors (Lipinski definition) is 4. The van der Waals surface area contributed by atoms with Gasteiger partial charge in [-0.05, 0) is 25.2 Å². The summed E-state index contributed by atoms with van der Waals surface area (Å²) in [5.74, 6) is 0.684. The van der Waals surface area contributed by atoms with Gasteiger partial charge in [-0.25, -0.2) is 0 Å². The fraction of sp³-hybridized carbons (Fsp3) is 0.467. The molecule has 0 spiro atoms. The molecule has 0 aliphatic heterocycles. The van der Waals surface area contributed by atoms with Gasteiger partial charge in [0.1, 0.15) is 12.4 Å². The second-order valence-electron chi connectivity index (χ2n) is 4.77. The number of carbonyl (C=O) groups excluding carboxylic acids is 1. The second kappa shape index (κ2) is 8.18. The van der Waals surface area contributed by atoms with Crippen LogP contribution >= 0.6 is 0 Å². The van der Waals surface area contributed by atoms with E-state index in [1.165, 1.54) is 0 Å². The van der Waals surface area contributed by atoms with Crippen LogP contribution in [0.25, 0.3) is 0 Å². The monoisotopic (exact) mass is 275 g/mol. The van der Waals surface area contributed by atoms with Gasteiger partial charge in [0.05, 0.1) is 11.6 Å². The van der Waals surface area contributed by atoms with Crippen molar-refractivity contribution in [3.05, 3.63) is 29.8 Å². The molecule has 0 aliphatic rings. The summed E-state index contributed by atoms with van der Waals surface area (Å²) >= 11 is 0. The lowest BCUT2D eigenvalue weighted by Gasteiger charge is -2.20. The molecule has 1 unspecified atom stereocenters. The molecular formula is C15H21N3O2. The first-order valence-corrected chi connectivity index (χ1v) is 6.60. The SMILES string of the molecule is CNC(=O)C(C)CN(C)CCOc1cccc(C#N)c1. The summed E-state index contributed by atoms with van der Waals surface area (Å²) in [6, 6.07) is 9.16. The average Bonchev–Trinajstić information content (AvgIpc) is 2.46. The van der Waals surface area contributed by atoms with Gasteiger partial charge in [0.2, 0.25) is 5.91 Å². The second-order valence-corrected chi connectivity index (χ2v) is 4.77. The van der Waals surface area contributed by atoms with Crippen LogP contribution < -0.4 is 10.1 Å². The van der Waals surface area contributed by atoms with Crippen LogP contribution in [0.5, 0.6) is 5.75 Å². The highest BCUT2D eigenvalue weighted by atomic mass is 16.5. The molecule has 0 aliphatic carbocycles. The molecule has 1 N–H and O–H groups in total. The molecular weight excluding hydrogens is 254 g/mol. The molecule has 1 aromatic rings. The summed E-state index contributed by atoms with van der Waals surface area (Å²) in [5, 5.41) is 11.4. The first-order chi connectivity index (χ1) is 9.56. The Hall–Kier alpha value is -2.06. The van der Waals surface area contributed by atoms with E-state index in [1.807, 2.05) is 24.9 Å². The summed E-state index contributed by atoms with van der Waals surface area (Å²) in [6.07, 6.45) is 0. The number of likely N-dealkylation sites (N-methyl/N-ethyl adjacent to an activating group) is 1. The Morgan fingerprint density at radius 2 is 2.30 bits per heavy atom. The summed E-state index contributed by atoms with van der Waals surface area (Å²) in [7, 11) is 3.60. The third kappa shape index (κ3) is 5.29. The van der Waals surface area contributed by atoms with Crippen molar-refractivity contribution in [2.24, 2.45) is 5.92 Å². The molecule has 0 fully saturated rings. The normalized spacial score (nSPS) is 11.8. The Labute approximate surface area is 120 Å². The standard InChI is InChI=1S/C15H21N3O2/c1-12(15(19)17-2)11-18(3)7-8-20-14-6-4-5-13(9-14)10-16/h4-6,9,12H,7-8,11H2,1-3H3,(H,17,19). The van der Waals surface area contributed by atoms with E-state index >= 15 is 0 Å². The predicted molar refractivity (Wildman–Crippen MR) is 77.4 cm³/mol. The summed E-state index contributed by atoms with van der Waals surface area (Å²) in [5.41, 5.74) is 0.587. The van der Waals surface area contributed by atoms with E-state index in [1.54, 1.807) is 25.2 Å². The summed E-state index contributed by atoms with van der Waals surface area (Å²) < 4.78 is 5.59. The van der Waals surface area contributed by atoms with Gasteiger partial charge in [0.25, 0.3) is 0 Å². The van der Waals surface area contributed by atoms with Crippen LogP contribution in [-0.2, 0) is 4.79 Å². The molecule has 20 heavy (non-hydrogen) atoms. The fourth-order valence-electron chi connectivity index (χ4n) is 1.86. The molecule has 1 atom stereocenters. The van der Waals surface area contributed by atoms with Crippen molar-refractivity contribution >= 4 is 5.91 Å². The quantitative estimate of drug-likeness (QED) is 0.813. The minimum atomic E-state index is -0.0492. The highest BCUT2D eigenvalue weighted by molar-refractivity contribution is 5.78. The smallest absolute Gasteiger partial charge is 0.223 e. The van der Waals surface area contributed by atoms with Crippen molar-refractivity contribution < 1.29 is 9.53 Å². The Balaban J connectivity index is 2.33. The van der Waals surface area contributed by atoms with E-state index in [2.05, 4.69) is 11.4 Å². The minimum absolute atomic E-state index is 0.0412. The molecule has 1 aromatic carbocycles. The zero-order chi connectivity index (χ0) is 15.0. The maximum atomic E-state index is 11.4. The van der Waals surface area contributed by atoms with E-state index in [4.69, 9.17) is 10.00 Å². The molecule has 1 amide bonds. The number of hydrogen-bond donors (Lipinski definition) is 1. The van der Waals surface area contributed by atoms with Crippen molar-refractivity contribution in [3.8, 4) is 11.8 Å². The first kappa shape index (κ1) is 16.0. The Morgan fingerprint density at radius 3 is 2.95 bits per heavy atom.